The lowest BCUT2D eigenvalue weighted by atomic mass is 9.70. The topological polar surface area (TPSA) is 0 Å². The van der Waals surface area contributed by atoms with Crippen molar-refractivity contribution < 1.29 is 0 Å². The fourth-order valence-corrected chi connectivity index (χ4v) is 5.83. The molecule has 0 radical (unpaired) electrons. The van der Waals surface area contributed by atoms with Gasteiger partial charge in [-0.2, -0.15) is 0 Å². The van der Waals surface area contributed by atoms with Crippen molar-refractivity contribution in [3.8, 4) is 11.1 Å². The van der Waals surface area contributed by atoms with Gasteiger partial charge in [0.15, 0.2) is 0 Å². The molecular weight excluding hydrogens is 508 g/mol. The Morgan fingerprint density at radius 2 is 0.935 bits per heavy atom. The molecule has 1 aliphatic rings. The van der Waals surface area contributed by atoms with Crippen LogP contribution in [0.5, 0.6) is 0 Å². The van der Waals surface area contributed by atoms with Crippen LogP contribution in [0, 0.1) is 0 Å². The van der Waals surface area contributed by atoms with Gasteiger partial charge in [-0.3, -0.25) is 0 Å². The molecule has 154 valence electrons. The van der Waals surface area contributed by atoms with Gasteiger partial charge in [0.25, 0.3) is 0 Å². The summed E-state index contributed by atoms with van der Waals surface area (Å²) in [4.78, 5) is 0. The molecular formula is C29H24Br2. The highest BCUT2D eigenvalue weighted by Gasteiger charge is 2.42. The molecule has 0 heterocycles. The zero-order valence-electron chi connectivity index (χ0n) is 17.3. The number of aryl methyl sites for hydroxylation is 2. The molecule has 0 unspecified atom stereocenters. The number of rotatable bonds is 6. The molecule has 5 rings (SSSR count). The van der Waals surface area contributed by atoms with Crippen molar-refractivity contribution in [2.45, 2.75) is 31.1 Å². The first kappa shape index (κ1) is 20.7. The van der Waals surface area contributed by atoms with E-state index in [1.54, 1.807) is 0 Å². The number of hydrogen-bond acceptors (Lipinski definition) is 0. The molecule has 0 bridgehead atoms. The molecule has 0 saturated heterocycles. The van der Waals surface area contributed by atoms with Gasteiger partial charge in [-0.15, -0.1) is 0 Å². The first-order chi connectivity index (χ1) is 15.2. The molecule has 0 aromatic heterocycles. The Morgan fingerprint density at radius 1 is 0.516 bits per heavy atom. The van der Waals surface area contributed by atoms with E-state index in [4.69, 9.17) is 0 Å². The third-order valence-electron chi connectivity index (χ3n) is 6.65. The van der Waals surface area contributed by atoms with Gasteiger partial charge in [-0.25, -0.2) is 0 Å². The van der Waals surface area contributed by atoms with Crippen LogP contribution in [-0.4, -0.2) is 0 Å². The highest BCUT2D eigenvalue weighted by atomic mass is 79.9. The monoisotopic (exact) mass is 530 g/mol. The molecule has 0 N–H and O–H groups in total. The SMILES string of the molecule is Brc1ccc2c(c1)C(CCc1ccccc1)(CCc1ccccc1)c1cc(Br)ccc1-2. The molecule has 0 atom stereocenters. The van der Waals surface area contributed by atoms with Crippen LogP contribution in [0.3, 0.4) is 0 Å². The Kier molecular flexibility index (Phi) is 5.86. The molecule has 0 aliphatic heterocycles. The maximum atomic E-state index is 3.76. The first-order valence-electron chi connectivity index (χ1n) is 10.8. The number of hydrogen-bond donors (Lipinski definition) is 0. The fraction of sp³-hybridized carbons (Fsp3) is 0.172. The van der Waals surface area contributed by atoms with E-state index in [0.29, 0.717) is 0 Å². The first-order valence-corrected chi connectivity index (χ1v) is 12.4. The van der Waals surface area contributed by atoms with Gasteiger partial charge in [0.1, 0.15) is 0 Å². The average Bonchev–Trinajstić information content (AvgIpc) is 3.06. The van der Waals surface area contributed by atoms with Crippen molar-refractivity contribution in [3.05, 3.63) is 128 Å². The van der Waals surface area contributed by atoms with E-state index in [0.717, 1.165) is 34.6 Å². The summed E-state index contributed by atoms with van der Waals surface area (Å²) in [5, 5.41) is 0. The molecule has 4 aromatic rings. The van der Waals surface area contributed by atoms with E-state index >= 15 is 0 Å². The quantitative estimate of drug-likeness (QED) is 0.233. The van der Waals surface area contributed by atoms with Crippen molar-refractivity contribution in [1.82, 2.24) is 0 Å². The van der Waals surface area contributed by atoms with E-state index < -0.39 is 0 Å². The molecule has 0 amide bonds. The van der Waals surface area contributed by atoms with Gasteiger partial charge in [0.2, 0.25) is 0 Å². The van der Waals surface area contributed by atoms with E-state index in [-0.39, 0.29) is 5.41 Å². The minimum atomic E-state index is -0.0100. The van der Waals surface area contributed by atoms with E-state index in [1.165, 1.54) is 33.4 Å². The lowest BCUT2D eigenvalue weighted by Gasteiger charge is -2.33. The number of halogens is 2. The van der Waals surface area contributed by atoms with Crippen LogP contribution in [0.15, 0.2) is 106 Å². The normalized spacial score (nSPS) is 13.6. The summed E-state index contributed by atoms with van der Waals surface area (Å²) in [6.07, 6.45) is 4.31. The van der Waals surface area contributed by atoms with Crippen LogP contribution >= 0.6 is 31.9 Å². The third kappa shape index (κ3) is 4.04. The molecule has 0 saturated carbocycles. The second-order valence-corrected chi connectivity index (χ2v) is 10.3. The second kappa shape index (κ2) is 8.76. The van der Waals surface area contributed by atoms with Gasteiger partial charge in [0.05, 0.1) is 0 Å². The van der Waals surface area contributed by atoms with Crippen LogP contribution in [0.2, 0.25) is 0 Å². The van der Waals surface area contributed by atoms with Crippen LogP contribution in [0.1, 0.15) is 35.1 Å². The van der Waals surface area contributed by atoms with Crippen LogP contribution in [0.25, 0.3) is 11.1 Å². The van der Waals surface area contributed by atoms with Gasteiger partial charge >= 0.3 is 0 Å². The lowest BCUT2D eigenvalue weighted by Crippen LogP contribution is -2.27. The predicted octanol–water partition coefficient (Wildman–Crippen LogP) is 8.74. The van der Waals surface area contributed by atoms with Crippen molar-refractivity contribution in [1.29, 1.82) is 0 Å². The summed E-state index contributed by atoms with van der Waals surface area (Å²) in [5.41, 5.74) is 8.48. The van der Waals surface area contributed by atoms with E-state index in [1.807, 2.05) is 0 Å². The minimum absolute atomic E-state index is 0.0100. The standard InChI is InChI=1S/C29H24Br2/c30-23-11-13-25-26-14-12-24(31)20-28(26)29(27(25)19-23,17-15-21-7-3-1-4-8-21)18-16-22-9-5-2-6-10-22/h1-14,19-20H,15-18H2. The van der Waals surface area contributed by atoms with Gasteiger partial charge in [-0.1, -0.05) is 105 Å². The predicted molar refractivity (Wildman–Crippen MR) is 138 cm³/mol. The summed E-state index contributed by atoms with van der Waals surface area (Å²) in [6, 6.07) is 35.5. The van der Waals surface area contributed by atoms with Crippen molar-refractivity contribution >= 4 is 31.9 Å². The molecule has 0 spiro atoms. The molecule has 31 heavy (non-hydrogen) atoms. The largest absolute Gasteiger partial charge is 0.0622 e. The lowest BCUT2D eigenvalue weighted by molar-refractivity contribution is 0.446. The number of fused-ring (bicyclic) bond motifs is 3. The van der Waals surface area contributed by atoms with Crippen molar-refractivity contribution in [2.24, 2.45) is 0 Å². The Morgan fingerprint density at radius 3 is 1.35 bits per heavy atom. The molecule has 1 aliphatic carbocycles. The van der Waals surface area contributed by atoms with Crippen molar-refractivity contribution in [2.75, 3.05) is 0 Å². The fourth-order valence-electron chi connectivity index (χ4n) is 5.11. The Bertz CT molecular complexity index is 1100. The van der Waals surface area contributed by atoms with Gasteiger partial charge in [0, 0.05) is 14.4 Å². The minimum Gasteiger partial charge on any atom is -0.0622 e. The third-order valence-corrected chi connectivity index (χ3v) is 7.64. The van der Waals surface area contributed by atoms with Crippen molar-refractivity contribution in [3.63, 3.8) is 0 Å². The summed E-state index contributed by atoms with van der Waals surface area (Å²) in [5.74, 6) is 0. The molecule has 0 nitrogen and oxygen atoms in total. The average molecular weight is 532 g/mol. The summed E-state index contributed by atoms with van der Waals surface area (Å²) in [7, 11) is 0. The maximum Gasteiger partial charge on any atom is 0.0222 e. The summed E-state index contributed by atoms with van der Waals surface area (Å²) < 4.78 is 2.31. The van der Waals surface area contributed by atoms with Gasteiger partial charge in [-0.05, 0) is 83.3 Å². The zero-order chi connectivity index (χ0) is 21.3. The van der Waals surface area contributed by atoms with E-state index in [9.17, 15) is 0 Å². The Balaban J connectivity index is 1.63. The summed E-state index contributed by atoms with van der Waals surface area (Å²) in [6.45, 7) is 0. The smallest absolute Gasteiger partial charge is 0.0222 e. The summed E-state index contributed by atoms with van der Waals surface area (Å²) >= 11 is 7.52. The second-order valence-electron chi connectivity index (χ2n) is 8.43. The highest BCUT2D eigenvalue weighted by molar-refractivity contribution is 9.10. The number of benzene rings is 4. The van der Waals surface area contributed by atoms with Crippen LogP contribution < -0.4 is 0 Å². The molecule has 0 fully saturated rings. The Hall–Kier alpha value is -2.16. The van der Waals surface area contributed by atoms with Crippen LogP contribution in [0.4, 0.5) is 0 Å². The highest BCUT2D eigenvalue weighted by Crippen LogP contribution is 2.54. The molecule has 2 heteroatoms. The maximum absolute atomic E-state index is 3.76. The van der Waals surface area contributed by atoms with E-state index in [2.05, 4.69) is 129 Å². The zero-order valence-corrected chi connectivity index (χ0v) is 20.5. The van der Waals surface area contributed by atoms with Gasteiger partial charge < -0.3 is 0 Å². The Labute approximate surface area is 201 Å². The van der Waals surface area contributed by atoms with Crippen LogP contribution in [-0.2, 0) is 18.3 Å². The molecule has 4 aromatic carbocycles.